The molecule has 11 heteroatoms. The number of hydrogen-bond acceptors (Lipinski definition) is 3. The number of nitrogens with zero attached hydrogens (tertiary/aromatic N) is 1. The van der Waals surface area contributed by atoms with Crippen LogP contribution in [-0.4, -0.2) is 56.7 Å². The molecule has 0 bridgehead atoms. The van der Waals surface area contributed by atoms with Crippen molar-refractivity contribution < 1.29 is 35.5 Å². The molecule has 0 amide bonds. The molecule has 104 valence electrons. The summed E-state index contributed by atoms with van der Waals surface area (Å²) in [4.78, 5) is 0. The van der Waals surface area contributed by atoms with Crippen molar-refractivity contribution in [3.05, 3.63) is 0 Å². The van der Waals surface area contributed by atoms with Crippen LogP contribution in [-0.2, 0) is 10.2 Å². The molecule has 0 aliphatic rings. The molecule has 0 aromatic heterocycles. The predicted octanol–water partition coefficient (Wildman–Crippen LogP) is -0.0575. The van der Waals surface area contributed by atoms with Gasteiger partial charge in [-0.05, 0) is 0 Å². The highest BCUT2D eigenvalue weighted by Crippen LogP contribution is 2.13. The van der Waals surface area contributed by atoms with Crippen LogP contribution in [0, 0.1) is 0 Å². The Morgan fingerprint density at radius 3 is 2.18 bits per heavy atom. The van der Waals surface area contributed by atoms with Crippen LogP contribution in [0.15, 0.2) is 0 Å². The third kappa shape index (κ3) is 7.41. The van der Waals surface area contributed by atoms with Crippen LogP contribution in [0.2, 0.25) is 0 Å². The quantitative estimate of drug-likeness (QED) is 0.644. The van der Waals surface area contributed by atoms with Gasteiger partial charge in [0, 0.05) is 6.54 Å². The van der Waals surface area contributed by atoms with E-state index in [9.17, 15) is 30.4 Å². The second kappa shape index (κ2) is 6.42. The summed E-state index contributed by atoms with van der Waals surface area (Å²) >= 11 is 0. The zero-order valence-electron chi connectivity index (χ0n) is 8.41. The molecule has 0 saturated carbocycles. The lowest BCUT2D eigenvalue weighted by Gasteiger charge is -2.21. The maximum atomic E-state index is 12.0. The predicted molar refractivity (Wildman–Crippen MR) is 47.6 cm³/mol. The van der Waals surface area contributed by atoms with Gasteiger partial charge in [0.25, 0.3) is 16.6 Å². The minimum atomic E-state index is -4.79. The highest BCUT2D eigenvalue weighted by atomic mass is 32.2. The summed E-state index contributed by atoms with van der Waals surface area (Å²) in [5.41, 5.74) is 0. The first-order chi connectivity index (χ1) is 7.58. The van der Waals surface area contributed by atoms with Gasteiger partial charge in [-0.2, -0.15) is 30.6 Å². The van der Waals surface area contributed by atoms with Gasteiger partial charge in [0.1, 0.15) is 6.54 Å². The first-order valence-electron chi connectivity index (χ1n) is 4.29. The van der Waals surface area contributed by atoms with E-state index in [0.29, 0.717) is 0 Å². The summed E-state index contributed by atoms with van der Waals surface area (Å²) < 4.78 is 82.7. The summed E-state index contributed by atoms with van der Waals surface area (Å²) in [5.74, 6) is 0. The molecule has 0 spiro atoms. The van der Waals surface area contributed by atoms with Crippen molar-refractivity contribution >= 4 is 10.2 Å². The molecule has 17 heavy (non-hydrogen) atoms. The Hall–Kier alpha value is -0.520. The van der Waals surface area contributed by atoms with Crippen LogP contribution in [0.25, 0.3) is 0 Å². The van der Waals surface area contributed by atoms with Gasteiger partial charge in [-0.3, -0.25) is 0 Å². The van der Waals surface area contributed by atoms with Gasteiger partial charge in [-0.15, -0.1) is 0 Å². The third-order valence-electron chi connectivity index (χ3n) is 1.49. The normalized spacial score (nSPS) is 13.6. The van der Waals surface area contributed by atoms with Crippen molar-refractivity contribution in [2.45, 2.75) is 12.6 Å². The summed E-state index contributed by atoms with van der Waals surface area (Å²) in [6.07, 6.45) is -7.84. The van der Waals surface area contributed by atoms with Crippen molar-refractivity contribution in [1.29, 1.82) is 0 Å². The van der Waals surface area contributed by atoms with Crippen LogP contribution in [0.1, 0.15) is 0 Å². The van der Waals surface area contributed by atoms with E-state index in [1.165, 1.54) is 0 Å². The topological polar surface area (TPSA) is 69.6 Å². The standard InChI is InChI=1S/C6H11F5N2O3S/c7-5(8)3-13(1-2-14)17(15,16)12-4-6(9,10)11/h5,12,14H,1-4H2. The minimum absolute atomic E-state index is 0.0450. The van der Waals surface area contributed by atoms with E-state index >= 15 is 0 Å². The Kier molecular flexibility index (Phi) is 6.23. The summed E-state index contributed by atoms with van der Waals surface area (Å²) in [6.45, 7) is -4.63. The first kappa shape index (κ1) is 16.5. The maximum absolute atomic E-state index is 12.0. The number of hydrogen-bond donors (Lipinski definition) is 2. The average molecular weight is 286 g/mol. The fourth-order valence-corrected chi connectivity index (χ4v) is 2.00. The molecule has 5 nitrogen and oxygen atoms in total. The Bertz CT molecular complexity index is 318. The lowest BCUT2D eigenvalue weighted by molar-refractivity contribution is -0.121. The Labute approximate surface area is 94.4 Å². The van der Waals surface area contributed by atoms with E-state index < -0.39 is 49.1 Å². The van der Waals surface area contributed by atoms with E-state index in [0.717, 1.165) is 4.72 Å². The van der Waals surface area contributed by atoms with E-state index in [2.05, 4.69) is 0 Å². The van der Waals surface area contributed by atoms with Gasteiger partial charge in [-0.1, -0.05) is 0 Å². The lowest BCUT2D eigenvalue weighted by atomic mass is 10.6. The average Bonchev–Trinajstić information content (AvgIpc) is 2.13. The summed E-state index contributed by atoms with van der Waals surface area (Å²) in [6, 6.07) is 0. The van der Waals surface area contributed by atoms with Gasteiger partial charge in [0.05, 0.1) is 13.2 Å². The molecule has 0 aromatic carbocycles. The van der Waals surface area contributed by atoms with Crippen molar-refractivity contribution in [3.63, 3.8) is 0 Å². The monoisotopic (exact) mass is 286 g/mol. The maximum Gasteiger partial charge on any atom is 0.402 e. The molecule has 0 unspecified atom stereocenters. The molecule has 0 radical (unpaired) electrons. The van der Waals surface area contributed by atoms with Gasteiger partial charge >= 0.3 is 6.18 Å². The highest BCUT2D eigenvalue weighted by molar-refractivity contribution is 7.87. The molecule has 0 aromatic rings. The fourth-order valence-electron chi connectivity index (χ4n) is 0.839. The number of aliphatic hydroxyl groups excluding tert-OH is 1. The van der Waals surface area contributed by atoms with Crippen LogP contribution < -0.4 is 4.72 Å². The molecule has 0 saturated heterocycles. The number of alkyl halides is 5. The molecule has 0 atom stereocenters. The molecule has 0 aliphatic carbocycles. The third-order valence-corrected chi connectivity index (χ3v) is 3.01. The van der Waals surface area contributed by atoms with E-state index in [-0.39, 0.29) is 4.31 Å². The Morgan fingerprint density at radius 2 is 1.82 bits per heavy atom. The van der Waals surface area contributed by atoms with Gasteiger partial charge in [0.15, 0.2) is 0 Å². The van der Waals surface area contributed by atoms with Crippen LogP contribution in [0.4, 0.5) is 22.0 Å². The number of aliphatic hydroxyl groups is 1. The number of rotatable bonds is 7. The lowest BCUT2D eigenvalue weighted by Crippen LogP contribution is -2.47. The van der Waals surface area contributed by atoms with E-state index in [1.54, 1.807) is 0 Å². The molecule has 0 heterocycles. The van der Waals surface area contributed by atoms with Crippen LogP contribution in [0.5, 0.6) is 0 Å². The molecular formula is C6H11F5N2O3S. The van der Waals surface area contributed by atoms with E-state index in [1.807, 2.05) is 0 Å². The van der Waals surface area contributed by atoms with Crippen molar-refractivity contribution in [3.8, 4) is 0 Å². The smallest absolute Gasteiger partial charge is 0.395 e. The van der Waals surface area contributed by atoms with Gasteiger partial charge < -0.3 is 5.11 Å². The zero-order chi connectivity index (χ0) is 13.7. The largest absolute Gasteiger partial charge is 0.402 e. The van der Waals surface area contributed by atoms with Crippen molar-refractivity contribution in [2.75, 3.05) is 26.2 Å². The zero-order valence-corrected chi connectivity index (χ0v) is 9.23. The summed E-state index contributed by atoms with van der Waals surface area (Å²) in [5, 5.41) is 8.44. The summed E-state index contributed by atoms with van der Waals surface area (Å²) in [7, 11) is -4.69. The molecule has 2 N–H and O–H groups in total. The fraction of sp³-hybridized carbons (Fsp3) is 1.00. The SMILES string of the molecule is O=S(=O)(NCC(F)(F)F)N(CCO)CC(F)F. The second-order valence-electron chi connectivity index (χ2n) is 2.91. The molecular weight excluding hydrogens is 275 g/mol. The van der Waals surface area contributed by atoms with E-state index in [4.69, 9.17) is 5.11 Å². The molecule has 0 aliphatic heterocycles. The van der Waals surface area contributed by atoms with Gasteiger partial charge in [-0.25, -0.2) is 8.78 Å². The Balaban J connectivity index is 4.60. The molecule has 0 rings (SSSR count). The first-order valence-corrected chi connectivity index (χ1v) is 5.73. The molecule has 0 fully saturated rings. The number of nitrogens with one attached hydrogen (secondary N) is 1. The van der Waals surface area contributed by atoms with Gasteiger partial charge in [0.2, 0.25) is 0 Å². The van der Waals surface area contributed by atoms with Crippen LogP contribution >= 0.6 is 0 Å². The number of halogens is 5. The van der Waals surface area contributed by atoms with Crippen LogP contribution in [0.3, 0.4) is 0 Å². The second-order valence-corrected chi connectivity index (χ2v) is 4.67. The highest BCUT2D eigenvalue weighted by Gasteiger charge is 2.32. The van der Waals surface area contributed by atoms with Crippen molar-refractivity contribution in [2.24, 2.45) is 0 Å². The minimum Gasteiger partial charge on any atom is -0.395 e. The van der Waals surface area contributed by atoms with Crippen molar-refractivity contribution in [1.82, 2.24) is 9.03 Å². The Morgan fingerprint density at radius 1 is 1.29 bits per heavy atom.